The van der Waals surface area contributed by atoms with Gasteiger partial charge in [-0.3, -0.25) is 9.69 Å². The Bertz CT molecular complexity index is 761. The molecule has 2 aromatic rings. The lowest BCUT2D eigenvalue weighted by Crippen LogP contribution is -2.41. The molecule has 0 radical (unpaired) electrons. The molecule has 0 aliphatic carbocycles. The molecule has 138 valence electrons. The Labute approximate surface area is 155 Å². The van der Waals surface area contributed by atoms with Gasteiger partial charge in [0.15, 0.2) is 11.5 Å². The van der Waals surface area contributed by atoms with Gasteiger partial charge in [-0.1, -0.05) is 30.3 Å². The van der Waals surface area contributed by atoms with Gasteiger partial charge in [0.25, 0.3) is 0 Å². The Morgan fingerprint density at radius 2 is 1.73 bits per heavy atom. The third-order valence-electron chi connectivity index (χ3n) is 4.77. The van der Waals surface area contributed by atoms with Crippen LogP contribution in [0.2, 0.25) is 0 Å². The predicted octanol–water partition coefficient (Wildman–Crippen LogP) is 2.72. The molecule has 2 aromatic carbocycles. The number of methoxy groups -OCH3 is 2. The van der Waals surface area contributed by atoms with Crippen LogP contribution in [0.1, 0.15) is 16.7 Å². The molecule has 5 nitrogen and oxygen atoms in total. The number of carbonyl (C=O) groups excluding carboxylic acids is 1. The van der Waals surface area contributed by atoms with Crippen LogP contribution in [0, 0.1) is 0 Å². The van der Waals surface area contributed by atoms with Crippen molar-refractivity contribution in [1.82, 2.24) is 9.80 Å². The topological polar surface area (TPSA) is 42.0 Å². The summed E-state index contributed by atoms with van der Waals surface area (Å²) in [7, 11) is 5.26. The normalized spacial score (nSPS) is 13.5. The molecule has 26 heavy (non-hydrogen) atoms. The number of carbonyl (C=O) groups is 1. The summed E-state index contributed by atoms with van der Waals surface area (Å²) in [4.78, 5) is 16.7. The minimum atomic E-state index is 0.156. The summed E-state index contributed by atoms with van der Waals surface area (Å²) in [6.45, 7) is 2.54. The van der Waals surface area contributed by atoms with Crippen LogP contribution in [-0.2, 0) is 24.3 Å². The summed E-state index contributed by atoms with van der Waals surface area (Å²) >= 11 is 0. The molecular weight excluding hydrogens is 328 g/mol. The maximum Gasteiger partial charge on any atom is 0.237 e. The second kappa shape index (κ2) is 8.23. The molecule has 5 heteroatoms. The zero-order valence-corrected chi connectivity index (χ0v) is 15.7. The van der Waals surface area contributed by atoms with Gasteiger partial charge in [-0.25, -0.2) is 0 Å². The van der Waals surface area contributed by atoms with Crippen molar-refractivity contribution in [3.8, 4) is 11.5 Å². The van der Waals surface area contributed by atoms with E-state index in [1.807, 2.05) is 42.3 Å². The van der Waals surface area contributed by atoms with E-state index in [-0.39, 0.29) is 5.91 Å². The summed E-state index contributed by atoms with van der Waals surface area (Å²) < 4.78 is 10.8. The van der Waals surface area contributed by atoms with E-state index in [2.05, 4.69) is 17.0 Å². The van der Waals surface area contributed by atoms with Crippen LogP contribution in [0.4, 0.5) is 0 Å². The van der Waals surface area contributed by atoms with E-state index in [1.54, 1.807) is 14.2 Å². The van der Waals surface area contributed by atoms with Gasteiger partial charge in [0, 0.05) is 19.6 Å². The lowest BCUT2D eigenvalue weighted by Gasteiger charge is -2.31. The molecule has 0 fully saturated rings. The Morgan fingerprint density at radius 1 is 1.08 bits per heavy atom. The monoisotopic (exact) mass is 354 g/mol. The molecule has 0 saturated carbocycles. The smallest absolute Gasteiger partial charge is 0.237 e. The number of nitrogens with zero attached hydrogens (tertiary/aromatic N) is 2. The largest absolute Gasteiger partial charge is 0.493 e. The molecule has 3 rings (SSSR count). The Hall–Kier alpha value is -2.53. The quantitative estimate of drug-likeness (QED) is 0.800. The van der Waals surface area contributed by atoms with Crippen LogP contribution in [0.3, 0.4) is 0 Å². The van der Waals surface area contributed by atoms with Crippen molar-refractivity contribution in [1.29, 1.82) is 0 Å². The van der Waals surface area contributed by atoms with Crippen molar-refractivity contribution in [2.45, 2.75) is 19.5 Å². The third-order valence-corrected chi connectivity index (χ3v) is 4.77. The van der Waals surface area contributed by atoms with Gasteiger partial charge in [-0.2, -0.15) is 0 Å². The first kappa shape index (κ1) is 18.3. The summed E-state index contributed by atoms with van der Waals surface area (Å²) in [5.74, 6) is 1.61. The second-order valence-electron chi connectivity index (χ2n) is 6.70. The van der Waals surface area contributed by atoms with Crippen molar-refractivity contribution in [3.63, 3.8) is 0 Å². The van der Waals surface area contributed by atoms with Gasteiger partial charge < -0.3 is 14.4 Å². The lowest BCUT2D eigenvalue weighted by molar-refractivity contribution is -0.133. The van der Waals surface area contributed by atoms with E-state index in [0.29, 0.717) is 18.8 Å². The molecule has 0 atom stereocenters. The Kier molecular flexibility index (Phi) is 5.78. The van der Waals surface area contributed by atoms with Gasteiger partial charge in [-0.05, 0) is 42.3 Å². The summed E-state index contributed by atoms with van der Waals surface area (Å²) in [5, 5.41) is 0. The van der Waals surface area contributed by atoms with Crippen LogP contribution in [-0.4, -0.2) is 50.1 Å². The maximum absolute atomic E-state index is 12.7. The van der Waals surface area contributed by atoms with Crippen LogP contribution >= 0.6 is 0 Å². The number of ether oxygens (including phenoxy) is 2. The minimum absolute atomic E-state index is 0.156. The fourth-order valence-corrected chi connectivity index (χ4v) is 3.38. The molecule has 0 N–H and O–H groups in total. The molecule has 1 amide bonds. The standard InChI is InChI=1S/C21H26N2O3/c1-22(13-16-7-5-4-6-8-16)15-21(24)23-10-9-17-11-19(25-2)20(26-3)12-18(17)14-23/h4-8,11-12H,9-10,13-15H2,1-3H3. The molecule has 1 heterocycles. The number of benzene rings is 2. The molecule has 0 aromatic heterocycles. The number of likely N-dealkylation sites (N-methyl/N-ethyl adjacent to an activating group) is 1. The average Bonchev–Trinajstić information content (AvgIpc) is 2.66. The van der Waals surface area contributed by atoms with E-state index in [1.165, 1.54) is 11.1 Å². The zero-order valence-electron chi connectivity index (χ0n) is 15.7. The Morgan fingerprint density at radius 3 is 2.38 bits per heavy atom. The van der Waals surface area contributed by atoms with Gasteiger partial charge >= 0.3 is 0 Å². The number of rotatable bonds is 6. The van der Waals surface area contributed by atoms with Crippen LogP contribution in [0.5, 0.6) is 11.5 Å². The molecule has 1 aliphatic heterocycles. The first-order valence-electron chi connectivity index (χ1n) is 8.84. The fourth-order valence-electron chi connectivity index (χ4n) is 3.38. The van der Waals surface area contributed by atoms with E-state index in [0.717, 1.165) is 30.8 Å². The summed E-state index contributed by atoms with van der Waals surface area (Å²) in [6, 6.07) is 14.2. The number of hydrogen-bond acceptors (Lipinski definition) is 4. The summed E-state index contributed by atoms with van der Waals surface area (Å²) in [5.41, 5.74) is 3.57. The summed E-state index contributed by atoms with van der Waals surface area (Å²) in [6.07, 6.45) is 0.837. The van der Waals surface area contributed by atoms with E-state index >= 15 is 0 Å². The third kappa shape index (κ3) is 4.17. The molecular formula is C21H26N2O3. The van der Waals surface area contributed by atoms with E-state index in [4.69, 9.17) is 9.47 Å². The average molecular weight is 354 g/mol. The number of fused-ring (bicyclic) bond motifs is 1. The first-order chi connectivity index (χ1) is 12.6. The number of amides is 1. The van der Waals surface area contributed by atoms with E-state index in [9.17, 15) is 4.79 Å². The first-order valence-corrected chi connectivity index (χ1v) is 8.84. The van der Waals surface area contributed by atoms with Crippen molar-refractivity contribution < 1.29 is 14.3 Å². The molecule has 1 aliphatic rings. The van der Waals surface area contributed by atoms with Gasteiger partial charge in [0.1, 0.15) is 0 Å². The lowest BCUT2D eigenvalue weighted by atomic mass is 9.98. The van der Waals surface area contributed by atoms with Crippen LogP contribution < -0.4 is 9.47 Å². The molecule has 0 unspecified atom stereocenters. The van der Waals surface area contributed by atoms with Crippen molar-refractivity contribution in [3.05, 3.63) is 59.2 Å². The highest BCUT2D eigenvalue weighted by atomic mass is 16.5. The molecule has 0 saturated heterocycles. The van der Waals surface area contributed by atoms with Crippen molar-refractivity contribution in [2.75, 3.05) is 34.4 Å². The van der Waals surface area contributed by atoms with Gasteiger partial charge in [-0.15, -0.1) is 0 Å². The fraction of sp³-hybridized carbons (Fsp3) is 0.381. The predicted molar refractivity (Wildman–Crippen MR) is 101 cm³/mol. The molecule has 0 spiro atoms. The number of hydrogen-bond donors (Lipinski definition) is 0. The van der Waals surface area contributed by atoms with Crippen molar-refractivity contribution >= 4 is 5.91 Å². The van der Waals surface area contributed by atoms with Crippen molar-refractivity contribution in [2.24, 2.45) is 0 Å². The molecule has 0 bridgehead atoms. The van der Waals surface area contributed by atoms with E-state index < -0.39 is 0 Å². The zero-order chi connectivity index (χ0) is 18.5. The highest BCUT2D eigenvalue weighted by Gasteiger charge is 2.23. The SMILES string of the molecule is COc1cc2c(cc1OC)CN(C(=O)CN(C)Cc1ccccc1)CC2. The highest BCUT2D eigenvalue weighted by molar-refractivity contribution is 5.78. The maximum atomic E-state index is 12.7. The Balaban J connectivity index is 1.63. The van der Waals surface area contributed by atoms with Crippen LogP contribution in [0.25, 0.3) is 0 Å². The van der Waals surface area contributed by atoms with Gasteiger partial charge in [0.2, 0.25) is 5.91 Å². The highest BCUT2D eigenvalue weighted by Crippen LogP contribution is 2.33. The second-order valence-corrected chi connectivity index (χ2v) is 6.70. The van der Waals surface area contributed by atoms with Gasteiger partial charge in [0.05, 0.1) is 20.8 Å². The minimum Gasteiger partial charge on any atom is -0.493 e. The van der Waals surface area contributed by atoms with Crippen LogP contribution in [0.15, 0.2) is 42.5 Å².